The molecule has 158 valence electrons. The maximum Gasteiger partial charge on any atom is 0.412 e. The lowest BCUT2D eigenvalue weighted by molar-refractivity contribution is 0.0200. The first-order chi connectivity index (χ1) is 13.6. The number of hydrogen-bond acceptors (Lipinski definition) is 6. The van der Waals surface area contributed by atoms with Crippen LogP contribution in [-0.2, 0) is 11.3 Å². The van der Waals surface area contributed by atoms with Gasteiger partial charge in [-0.25, -0.2) is 14.2 Å². The molecular weight excluding hydrogens is 419 g/mol. The highest BCUT2D eigenvalue weighted by atomic mass is 35.5. The van der Waals surface area contributed by atoms with E-state index in [-0.39, 0.29) is 47.4 Å². The van der Waals surface area contributed by atoms with Gasteiger partial charge in [0.1, 0.15) is 10.8 Å². The minimum absolute atomic E-state index is 0.0239. The minimum Gasteiger partial charge on any atom is -0.444 e. The van der Waals surface area contributed by atoms with Crippen molar-refractivity contribution in [3.05, 3.63) is 22.1 Å². The van der Waals surface area contributed by atoms with E-state index in [1.54, 1.807) is 9.80 Å². The second-order valence-corrected chi connectivity index (χ2v) is 9.58. The molecule has 0 radical (unpaired) electrons. The maximum absolute atomic E-state index is 15.4. The topological polar surface area (TPSA) is 66.0 Å². The summed E-state index contributed by atoms with van der Waals surface area (Å²) in [6.45, 7) is 5.65. The van der Waals surface area contributed by atoms with Crippen LogP contribution >= 0.6 is 24.4 Å². The van der Waals surface area contributed by atoms with Crippen molar-refractivity contribution >= 4 is 42.2 Å². The third-order valence-corrected chi connectivity index (χ3v) is 6.23. The zero-order valence-corrected chi connectivity index (χ0v) is 18.3. The van der Waals surface area contributed by atoms with E-state index in [2.05, 4.69) is 17.8 Å². The number of nitrogens with zero attached hydrogens (tertiary/aromatic N) is 4. The van der Waals surface area contributed by atoms with E-state index in [0.717, 1.165) is 30.0 Å². The van der Waals surface area contributed by atoms with Crippen molar-refractivity contribution in [2.24, 2.45) is 0 Å². The monoisotopic (exact) mass is 442 g/mol. The predicted molar refractivity (Wildman–Crippen MR) is 110 cm³/mol. The minimum atomic E-state index is -0.620. The molecule has 1 aliphatic carbocycles. The molecule has 3 aliphatic rings. The Balaban J connectivity index is 1.70. The SMILES string of the molecule is CC(C)(C)OC(=O)N1CN(c2nc(Cl)c3c(c2F)CN(S)C3=O)[C@@H]2CCCC[C@@H]21. The highest BCUT2D eigenvalue weighted by Crippen LogP contribution is 2.40. The Labute approximate surface area is 179 Å². The number of thiol groups is 1. The van der Waals surface area contributed by atoms with Gasteiger partial charge in [-0.1, -0.05) is 37.3 Å². The molecule has 0 spiro atoms. The number of rotatable bonds is 1. The molecule has 2 aliphatic heterocycles. The number of anilines is 1. The summed E-state index contributed by atoms with van der Waals surface area (Å²) in [6.07, 6.45) is 3.21. The maximum atomic E-state index is 15.4. The van der Waals surface area contributed by atoms with Crippen LogP contribution in [0.15, 0.2) is 0 Å². The van der Waals surface area contributed by atoms with Gasteiger partial charge in [-0.15, -0.1) is 0 Å². The van der Waals surface area contributed by atoms with Gasteiger partial charge in [-0.05, 0) is 33.6 Å². The number of halogens is 2. The van der Waals surface area contributed by atoms with E-state index in [4.69, 9.17) is 16.3 Å². The van der Waals surface area contributed by atoms with E-state index in [1.807, 2.05) is 20.8 Å². The van der Waals surface area contributed by atoms with Crippen LogP contribution in [0.25, 0.3) is 0 Å². The van der Waals surface area contributed by atoms with Gasteiger partial charge in [0.2, 0.25) is 0 Å². The summed E-state index contributed by atoms with van der Waals surface area (Å²) >= 11 is 10.3. The van der Waals surface area contributed by atoms with Gasteiger partial charge < -0.3 is 9.64 Å². The van der Waals surface area contributed by atoms with E-state index in [9.17, 15) is 9.59 Å². The van der Waals surface area contributed by atoms with Gasteiger partial charge in [0.25, 0.3) is 5.91 Å². The van der Waals surface area contributed by atoms with Crippen molar-refractivity contribution in [1.82, 2.24) is 14.2 Å². The van der Waals surface area contributed by atoms with Gasteiger partial charge in [-0.3, -0.25) is 14.0 Å². The van der Waals surface area contributed by atoms with Crippen molar-refractivity contribution in [3.8, 4) is 0 Å². The van der Waals surface area contributed by atoms with Gasteiger partial charge >= 0.3 is 6.09 Å². The molecule has 0 N–H and O–H groups in total. The molecule has 2 amide bonds. The molecular formula is C19H24ClFN4O3S. The highest BCUT2D eigenvalue weighted by Gasteiger charge is 2.47. The molecule has 1 aromatic rings. The summed E-state index contributed by atoms with van der Waals surface area (Å²) in [5.74, 6) is -0.962. The molecule has 10 heteroatoms. The van der Waals surface area contributed by atoms with Gasteiger partial charge in [-0.2, -0.15) is 0 Å². The average Bonchev–Trinajstić information content (AvgIpc) is 3.16. The van der Waals surface area contributed by atoms with Crippen molar-refractivity contribution in [2.75, 3.05) is 11.6 Å². The van der Waals surface area contributed by atoms with Gasteiger partial charge in [0, 0.05) is 5.56 Å². The molecule has 0 aromatic carbocycles. The largest absolute Gasteiger partial charge is 0.444 e. The number of carbonyl (C=O) groups excluding carboxylic acids is 2. The third kappa shape index (κ3) is 3.52. The lowest BCUT2D eigenvalue weighted by Crippen LogP contribution is -2.44. The van der Waals surface area contributed by atoms with E-state index < -0.39 is 23.4 Å². The number of aromatic nitrogens is 1. The second kappa shape index (κ2) is 7.19. The number of pyridine rings is 1. The smallest absolute Gasteiger partial charge is 0.412 e. The first-order valence-corrected chi connectivity index (χ1v) is 10.5. The number of amides is 2. The summed E-state index contributed by atoms with van der Waals surface area (Å²) in [4.78, 5) is 32.7. The third-order valence-electron chi connectivity index (χ3n) is 5.63. The number of carbonyl (C=O) groups is 2. The first kappa shape index (κ1) is 20.5. The fourth-order valence-electron chi connectivity index (χ4n) is 4.40. The van der Waals surface area contributed by atoms with Crippen molar-refractivity contribution in [2.45, 2.75) is 70.7 Å². The fraction of sp³-hybridized carbons (Fsp3) is 0.632. The molecule has 3 heterocycles. The van der Waals surface area contributed by atoms with Crippen molar-refractivity contribution in [3.63, 3.8) is 0 Å². The zero-order chi connectivity index (χ0) is 21.1. The average molecular weight is 443 g/mol. The predicted octanol–water partition coefficient (Wildman–Crippen LogP) is 4.00. The Morgan fingerprint density at radius 3 is 2.59 bits per heavy atom. The van der Waals surface area contributed by atoms with E-state index in [0.29, 0.717) is 0 Å². The number of fused-ring (bicyclic) bond motifs is 2. The lowest BCUT2D eigenvalue weighted by Gasteiger charge is -2.33. The Morgan fingerprint density at radius 1 is 1.28 bits per heavy atom. The van der Waals surface area contributed by atoms with Crippen LogP contribution in [0.3, 0.4) is 0 Å². The molecule has 0 bridgehead atoms. The Kier molecular flexibility index (Phi) is 5.09. The van der Waals surface area contributed by atoms with Gasteiger partial charge in [0.05, 0.1) is 30.9 Å². The number of hydrogen-bond donors (Lipinski definition) is 1. The van der Waals surface area contributed by atoms with Crippen LogP contribution in [0.5, 0.6) is 0 Å². The first-order valence-electron chi connectivity index (χ1n) is 9.73. The normalized spacial score (nSPS) is 24.1. The summed E-state index contributed by atoms with van der Waals surface area (Å²) in [5, 5.41) is -0.0407. The van der Waals surface area contributed by atoms with Crippen LogP contribution in [0.4, 0.5) is 15.0 Å². The van der Waals surface area contributed by atoms with E-state index in [1.165, 1.54) is 0 Å². The molecule has 29 heavy (non-hydrogen) atoms. The molecule has 7 nitrogen and oxygen atoms in total. The lowest BCUT2D eigenvalue weighted by atomic mass is 9.90. The molecule has 1 saturated heterocycles. The molecule has 2 fully saturated rings. The fourth-order valence-corrected chi connectivity index (χ4v) is 4.92. The summed E-state index contributed by atoms with van der Waals surface area (Å²) in [6, 6.07) is -0.147. The van der Waals surface area contributed by atoms with Crippen LogP contribution in [0, 0.1) is 5.82 Å². The zero-order valence-electron chi connectivity index (χ0n) is 16.6. The summed E-state index contributed by atoms with van der Waals surface area (Å²) in [5.41, 5.74) is -0.361. The van der Waals surface area contributed by atoms with Crippen LogP contribution in [-0.4, -0.2) is 50.5 Å². The Hall–Kier alpha value is -1.74. The van der Waals surface area contributed by atoms with Crippen molar-refractivity contribution in [1.29, 1.82) is 0 Å². The van der Waals surface area contributed by atoms with E-state index >= 15 is 4.39 Å². The molecule has 4 rings (SSSR count). The molecule has 0 unspecified atom stereocenters. The van der Waals surface area contributed by atoms with Crippen LogP contribution in [0.2, 0.25) is 5.15 Å². The Bertz CT molecular complexity index is 878. The van der Waals surface area contributed by atoms with Gasteiger partial charge in [0.15, 0.2) is 11.6 Å². The summed E-state index contributed by atoms with van der Waals surface area (Å²) < 4.78 is 22.1. The second-order valence-electron chi connectivity index (χ2n) is 8.74. The Morgan fingerprint density at radius 2 is 1.93 bits per heavy atom. The van der Waals surface area contributed by atoms with Crippen LogP contribution < -0.4 is 4.90 Å². The van der Waals surface area contributed by atoms with Crippen LogP contribution in [0.1, 0.15) is 62.4 Å². The molecule has 1 saturated carbocycles. The highest BCUT2D eigenvalue weighted by molar-refractivity contribution is 7.78. The quantitative estimate of drug-likeness (QED) is 0.526. The molecule has 2 atom stereocenters. The number of ether oxygens (including phenoxy) is 1. The molecule has 1 aromatic heterocycles. The standard InChI is InChI=1S/C19H24ClFN4O3S/c1-19(2,3)28-18(27)24-9-23(11-6-4-5-7-12(11)24)16-14(21)10-8-25(29)17(26)13(10)15(20)22-16/h11-12,29H,4-9H2,1-3H3/t11-,12+/m1/s1. The van der Waals surface area contributed by atoms with Crippen molar-refractivity contribution < 1.29 is 18.7 Å². The summed E-state index contributed by atoms with van der Waals surface area (Å²) in [7, 11) is 0.